The number of carbonyl (C=O) groups is 3. The number of fused-ring (bicyclic) bond motifs is 1. The highest BCUT2D eigenvalue weighted by Crippen LogP contribution is 2.36. The molecule has 214 valence electrons. The van der Waals surface area contributed by atoms with Crippen LogP contribution in [0.4, 0.5) is 5.82 Å². The minimum atomic E-state index is -0.666. The maximum absolute atomic E-state index is 13.7. The predicted octanol–water partition coefficient (Wildman–Crippen LogP) is 2.04. The van der Waals surface area contributed by atoms with Gasteiger partial charge in [-0.1, -0.05) is 42.5 Å². The Hall–Kier alpha value is -3.50. The molecule has 0 saturated carbocycles. The highest BCUT2D eigenvalue weighted by molar-refractivity contribution is 5.91. The molecule has 0 unspecified atom stereocenters. The first-order chi connectivity index (χ1) is 19.4. The number of amides is 3. The van der Waals surface area contributed by atoms with E-state index in [2.05, 4.69) is 38.1 Å². The molecule has 3 aliphatic heterocycles. The van der Waals surface area contributed by atoms with Gasteiger partial charge in [0.15, 0.2) is 5.82 Å². The molecule has 3 aliphatic rings. The molecule has 3 atom stereocenters. The summed E-state index contributed by atoms with van der Waals surface area (Å²) in [5.74, 6) is 0.367. The van der Waals surface area contributed by atoms with Gasteiger partial charge in [-0.2, -0.15) is 5.10 Å². The first-order valence-electron chi connectivity index (χ1n) is 14.3. The molecule has 5 rings (SSSR count). The molecule has 2 aromatic rings. The summed E-state index contributed by atoms with van der Waals surface area (Å²) in [6, 6.07) is 10.9. The second-order valence-electron chi connectivity index (χ2n) is 11.3. The van der Waals surface area contributed by atoms with Crippen molar-refractivity contribution >= 4 is 23.5 Å². The summed E-state index contributed by atoms with van der Waals surface area (Å²) in [7, 11) is 1.81. The van der Waals surface area contributed by atoms with Crippen molar-refractivity contribution in [2.45, 2.75) is 50.6 Å². The fraction of sp³-hybridized carbons (Fsp3) is 0.533. The molecule has 1 aromatic carbocycles. The average Bonchev–Trinajstić information content (AvgIpc) is 3.36. The van der Waals surface area contributed by atoms with Crippen LogP contribution in [-0.4, -0.2) is 77.3 Å². The lowest BCUT2D eigenvalue weighted by Gasteiger charge is -2.40. The number of allylic oxidation sites excluding steroid dienone is 2. The Morgan fingerprint density at radius 1 is 1.12 bits per heavy atom. The van der Waals surface area contributed by atoms with Gasteiger partial charge in [0.25, 0.3) is 0 Å². The van der Waals surface area contributed by atoms with Gasteiger partial charge in [-0.25, -0.2) is 0 Å². The lowest BCUT2D eigenvalue weighted by atomic mass is 9.75. The molecule has 40 heavy (non-hydrogen) atoms. The van der Waals surface area contributed by atoms with Gasteiger partial charge >= 0.3 is 0 Å². The van der Waals surface area contributed by atoms with Crippen LogP contribution in [0.2, 0.25) is 0 Å². The quantitative estimate of drug-likeness (QED) is 0.493. The molecule has 2 fully saturated rings. The molecule has 3 N–H and O–H groups in total. The van der Waals surface area contributed by atoms with Crippen molar-refractivity contribution in [3.63, 3.8) is 0 Å². The van der Waals surface area contributed by atoms with Crippen LogP contribution in [0.5, 0.6) is 0 Å². The molecule has 1 spiro atoms. The molecule has 0 aliphatic carbocycles. The van der Waals surface area contributed by atoms with Crippen molar-refractivity contribution in [1.82, 2.24) is 25.3 Å². The molecule has 0 radical (unpaired) electrons. The maximum atomic E-state index is 13.7. The third-order valence-corrected chi connectivity index (χ3v) is 8.44. The van der Waals surface area contributed by atoms with Gasteiger partial charge < -0.3 is 20.7 Å². The summed E-state index contributed by atoms with van der Waals surface area (Å²) in [5.41, 5.74) is 0.423. The molecular weight excluding hydrogens is 508 g/mol. The van der Waals surface area contributed by atoms with E-state index in [1.165, 1.54) is 0 Å². The molecule has 2 saturated heterocycles. The summed E-state index contributed by atoms with van der Waals surface area (Å²) >= 11 is 0. The highest BCUT2D eigenvalue weighted by atomic mass is 16.5. The number of rotatable bonds is 5. The molecule has 3 amide bonds. The SMILES string of the molecule is Cn1ccc(NC(=O)CN2CC[C@@H]3NC(=O)[C@@H](Cc4ccccc4)NC(=O)C4(C/C=C/C[C@@H]3C2)CCOCC4)n1. The number of hydrogen-bond acceptors (Lipinski definition) is 6. The Labute approximate surface area is 235 Å². The molecule has 1 aromatic heterocycles. The lowest BCUT2D eigenvalue weighted by Crippen LogP contribution is -2.58. The monoisotopic (exact) mass is 548 g/mol. The fourth-order valence-corrected chi connectivity index (χ4v) is 6.07. The number of benzene rings is 1. The van der Waals surface area contributed by atoms with E-state index in [1.54, 1.807) is 16.9 Å². The summed E-state index contributed by atoms with van der Waals surface area (Å²) in [5, 5.41) is 13.5. The van der Waals surface area contributed by atoms with E-state index in [0.717, 1.165) is 18.4 Å². The number of piperidine rings is 1. The number of nitrogens with one attached hydrogen (secondary N) is 3. The Kier molecular flexibility index (Phi) is 8.96. The van der Waals surface area contributed by atoms with Gasteiger partial charge in [0.2, 0.25) is 17.7 Å². The zero-order valence-electron chi connectivity index (χ0n) is 23.2. The van der Waals surface area contributed by atoms with Crippen LogP contribution in [0.15, 0.2) is 54.7 Å². The number of anilines is 1. The smallest absolute Gasteiger partial charge is 0.243 e. The van der Waals surface area contributed by atoms with E-state index in [0.29, 0.717) is 57.8 Å². The fourth-order valence-electron chi connectivity index (χ4n) is 6.07. The summed E-state index contributed by atoms with van der Waals surface area (Å²) < 4.78 is 7.24. The zero-order valence-corrected chi connectivity index (χ0v) is 23.2. The van der Waals surface area contributed by atoms with Gasteiger partial charge in [-0.15, -0.1) is 0 Å². The van der Waals surface area contributed by atoms with E-state index in [4.69, 9.17) is 4.74 Å². The van der Waals surface area contributed by atoms with Gasteiger partial charge in [0.05, 0.1) is 12.0 Å². The van der Waals surface area contributed by atoms with Crippen LogP contribution in [0.1, 0.15) is 37.7 Å². The van der Waals surface area contributed by atoms with Crippen LogP contribution in [0, 0.1) is 11.3 Å². The van der Waals surface area contributed by atoms with Crippen molar-refractivity contribution in [3.8, 4) is 0 Å². The van der Waals surface area contributed by atoms with Crippen LogP contribution >= 0.6 is 0 Å². The Morgan fingerprint density at radius 2 is 1.93 bits per heavy atom. The highest BCUT2D eigenvalue weighted by Gasteiger charge is 2.41. The van der Waals surface area contributed by atoms with Crippen molar-refractivity contribution in [1.29, 1.82) is 0 Å². The van der Waals surface area contributed by atoms with E-state index in [-0.39, 0.29) is 36.2 Å². The van der Waals surface area contributed by atoms with Gasteiger partial charge in [-0.3, -0.25) is 24.0 Å². The number of hydrogen-bond donors (Lipinski definition) is 3. The number of nitrogens with zero attached hydrogens (tertiary/aromatic N) is 3. The van der Waals surface area contributed by atoms with Gasteiger partial charge in [-0.05, 0) is 43.6 Å². The largest absolute Gasteiger partial charge is 0.381 e. The van der Waals surface area contributed by atoms with Gasteiger partial charge in [0.1, 0.15) is 6.04 Å². The first kappa shape index (κ1) is 28.0. The average molecular weight is 549 g/mol. The number of likely N-dealkylation sites (tertiary alicyclic amines) is 1. The summed E-state index contributed by atoms with van der Waals surface area (Å²) in [4.78, 5) is 42.2. The molecule has 10 heteroatoms. The Morgan fingerprint density at radius 3 is 2.67 bits per heavy atom. The van der Waals surface area contributed by atoms with Crippen LogP contribution < -0.4 is 16.0 Å². The predicted molar refractivity (Wildman–Crippen MR) is 151 cm³/mol. The number of aryl methyl sites for hydroxylation is 1. The van der Waals surface area contributed by atoms with E-state index in [1.807, 2.05) is 37.4 Å². The van der Waals surface area contributed by atoms with Crippen molar-refractivity contribution < 1.29 is 19.1 Å². The molecule has 10 nitrogen and oxygen atoms in total. The number of aromatic nitrogens is 2. The lowest BCUT2D eigenvalue weighted by molar-refractivity contribution is -0.140. The molecular formula is C30H40N6O4. The maximum Gasteiger partial charge on any atom is 0.243 e. The number of ether oxygens (including phenoxy) is 1. The standard InChI is InChI=1S/C30H40N6O4/c1-35-15-11-26(34-35)33-27(37)21-36-16-10-24-23(20-36)9-5-6-12-30(13-17-40-18-14-30)29(39)32-25(28(38)31-24)19-22-7-3-2-4-8-22/h2-8,11,15,23-25H,9-10,12-14,16-21H2,1H3,(H,31,38)(H,32,39)(H,33,34,37)/b6-5+/t23-,24+,25-/m1/s1. The first-order valence-corrected chi connectivity index (χ1v) is 14.3. The normalized spacial score (nSPS) is 26.5. The minimum Gasteiger partial charge on any atom is -0.381 e. The molecule has 4 heterocycles. The molecule has 0 bridgehead atoms. The van der Waals surface area contributed by atoms with Crippen molar-refractivity contribution in [3.05, 3.63) is 60.3 Å². The third-order valence-electron chi connectivity index (χ3n) is 8.44. The summed E-state index contributed by atoms with van der Waals surface area (Å²) in [6.07, 6.45) is 9.88. The zero-order chi connectivity index (χ0) is 28.0. The van der Waals surface area contributed by atoms with E-state index >= 15 is 0 Å². The van der Waals surface area contributed by atoms with Crippen LogP contribution in [0.25, 0.3) is 0 Å². The van der Waals surface area contributed by atoms with Crippen LogP contribution in [0.3, 0.4) is 0 Å². The third kappa shape index (κ3) is 6.98. The second kappa shape index (κ2) is 12.8. The van der Waals surface area contributed by atoms with Gasteiger partial charge in [0, 0.05) is 58.1 Å². The van der Waals surface area contributed by atoms with E-state index < -0.39 is 11.5 Å². The Balaban J connectivity index is 1.32. The summed E-state index contributed by atoms with van der Waals surface area (Å²) in [6.45, 7) is 2.74. The van der Waals surface area contributed by atoms with Crippen LogP contribution in [-0.2, 0) is 32.6 Å². The van der Waals surface area contributed by atoms with Crippen molar-refractivity contribution in [2.24, 2.45) is 18.4 Å². The second-order valence-corrected chi connectivity index (χ2v) is 11.3. The van der Waals surface area contributed by atoms with Crippen molar-refractivity contribution in [2.75, 3.05) is 38.2 Å². The number of carbonyl (C=O) groups excluding carboxylic acids is 3. The van der Waals surface area contributed by atoms with E-state index in [9.17, 15) is 14.4 Å². The topological polar surface area (TPSA) is 118 Å². The Bertz CT molecular complexity index is 1210. The minimum absolute atomic E-state index is 0.0427.